The highest BCUT2D eigenvalue weighted by Crippen LogP contribution is 2.33. The molecule has 0 amide bonds. The number of halogens is 1. The van der Waals surface area contributed by atoms with Crippen LogP contribution in [0.3, 0.4) is 0 Å². The highest BCUT2D eigenvalue weighted by atomic mass is 35.5. The van der Waals surface area contributed by atoms with E-state index in [4.69, 9.17) is 16.3 Å². The van der Waals surface area contributed by atoms with Gasteiger partial charge in [0.2, 0.25) is 10.0 Å². The minimum atomic E-state index is -3.57. The van der Waals surface area contributed by atoms with Gasteiger partial charge in [0.25, 0.3) is 0 Å². The van der Waals surface area contributed by atoms with Crippen molar-refractivity contribution in [3.63, 3.8) is 0 Å². The first-order chi connectivity index (χ1) is 10.5. The molecule has 1 saturated carbocycles. The molecule has 0 unspecified atom stereocenters. The van der Waals surface area contributed by atoms with E-state index in [1.165, 1.54) is 6.42 Å². The Bertz CT molecular complexity index is 597. The summed E-state index contributed by atoms with van der Waals surface area (Å²) >= 11 is 5.98. The van der Waals surface area contributed by atoms with Gasteiger partial charge in [0, 0.05) is 23.7 Å². The molecule has 1 aliphatic carbocycles. The van der Waals surface area contributed by atoms with Crippen LogP contribution in [0, 0.1) is 0 Å². The highest BCUT2D eigenvalue weighted by Gasteiger charge is 2.33. The van der Waals surface area contributed by atoms with Gasteiger partial charge in [-0.3, -0.25) is 0 Å². The van der Waals surface area contributed by atoms with Crippen LogP contribution in [0.1, 0.15) is 46.0 Å². The smallest absolute Gasteiger partial charge is 0.246 e. The Kier molecular flexibility index (Phi) is 6.12. The Morgan fingerprint density at radius 2 is 1.91 bits per heavy atom. The number of benzene rings is 1. The summed E-state index contributed by atoms with van der Waals surface area (Å²) in [6, 6.07) is 4.82. The van der Waals surface area contributed by atoms with Gasteiger partial charge in [0.1, 0.15) is 10.6 Å². The molecule has 6 heteroatoms. The van der Waals surface area contributed by atoms with Crippen LogP contribution < -0.4 is 4.74 Å². The van der Waals surface area contributed by atoms with Crippen LogP contribution in [0.25, 0.3) is 0 Å². The van der Waals surface area contributed by atoms with E-state index >= 15 is 0 Å². The number of nitrogens with zero attached hydrogens (tertiary/aromatic N) is 1. The standard InChI is InChI=1S/C16H24ClNO3S/c1-3-18(14-8-6-5-7-9-14)22(19,20)16-11-10-13(17)12-15(16)21-4-2/h10-12,14H,3-9H2,1-2H3. The van der Waals surface area contributed by atoms with E-state index in [-0.39, 0.29) is 10.9 Å². The zero-order chi connectivity index (χ0) is 16.2. The maximum atomic E-state index is 13.1. The first kappa shape index (κ1) is 17.6. The molecule has 0 bridgehead atoms. The molecule has 0 N–H and O–H groups in total. The van der Waals surface area contributed by atoms with Crippen molar-refractivity contribution in [2.24, 2.45) is 0 Å². The predicted molar refractivity (Wildman–Crippen MR) is 89.1 cm³/mol. The Morgan fingerprint density at radius 3 is 2.50 bits per heavy atom. The third kappa shape index (κ3) is 3.76. The van der Waals surface area contributed by atoms with Crippen LogP contribution in [0.2, 0.25) is 5.02 Å². The molecule has 1 aromatic rings. The molecule has 124 valence electrons. The quantitative estimate of drug-likeness (QED) is 0.780. The van der Waals surface area contributed by atoms with Crippen LogP contribution in [0.4, 0.5) is 0 Å². The topological polar surface area (TPSA) is 46.6 Å². The molecule has 0 heterocycles. The fourth-order valence-electron chi connectivity index (χ4n) is 3.08. The molecule has 1 aliphatic rings. The Hall–Kier alpha value is -0.780. The van der Waals surface area contributed by atoms with Gasteiger partial charge in [-0.05, 0) is 31.9 Å². The van der Waals surface area contributed by atoms with E-state index in [2.05, 4.69) is 0 Å². The molecule has 1 fully saturated rings. The molecule has 0 aliphatic heterocycles. The average molecular weight is 346 g/mol. The van der Waals surface area contributed by atoms with E-state index < -0.39 is 10.0 Å². The van der Waals surface area contributed by atoms with Crippen molar-refractivity contribution in [2.75, 3.05) is 13.2 Å². The molecule has 2 rings (SSSR count). The van der Waals surface area contributed by atoms with Crippen LogP contribution >= 0.6 is 11.6 Å². The summed E-state index contributed by atoms with van der Waals surface area (Å²) in [5, 5.41) is 0.475. The third-order valence-electron chi connectivity index (χ3n) is 4.09. The van der Waals surface area contributed by atoms with E-state index in [0.717, 1.165) is 25.7 Å². The third-order valence-corrected chi connectivity index (χ3v) is 6.39. The second-order valence-electron chi connectivity index (χ2n) is 5.52. The molecule has 22 heavy (non-hydrogen) atoms. The van der Waals surface area contributed by atoms with Gasteiger partial charge in [0.05, 0.1) is 6.61 Å². The molecular weight excluding hydrogens is 322 g/mol. The van der Waals surface area contributed by atoms with E-state index in [1.807, 2.05) is 13.8 Å². The zero-order valence-corrected chi connectivity index (χ0v) is 14.8. The molecule has 0 spiro atoms. The molecule has 0 aromatic heterocycles. The fourth-order valence-corrected chi connectivity index (χ4v) is 5.05. The monoisotopic (exact) mass is 345 g/mol. The number of hydrogen-bond acceptors (Lipinski definition) is 3. The number of hydrogen-bond donors (Lipinski definition) is 0. The Morgan fingerprint density at radius 1 is 1.23 bits per heavy atom. The summed E-state index contributed by atoms with van der Waals surface area (Å²) in [4.78, 5) is 0.214. The summed E-state index contributed by atoms with van der Waals surface area (Å²) in [6.45, 7) is 4.60. The second-order valence-corrected chi connectivity index (χ2v) is 7.82. The van der Waals surface area contributed by atoms with Crippen LogP contribution in [-0.4, -0.2) is 31.9 Å². The minimum absolute atomic E-state index is 0.0916. The first-order valence-electron chi connectivity index (χ1n) is 7.94. The number of sulfonamides is 1. The first-order valence-corrected chi connectivity index (χ1v) is 9.76. The molecule has 1 aromatic carbocycles. The largest absolute Gasteiger partial charge is 0.492 e. The van der Waals surface area contributed by atoms with Crippen LogP contribution in [0.5, 0.6) is 5.75 Å². The lowest BCUT2D eigenvalue weighted by atomic mass is 9.95. The summed E-state index contributed by atoms with van der Waals surface area (Å²) in [5.74, 6) is 0.337. The van der Waals surface area contributed by atoms with Gasteiger partial charge in [-0.15, -0.1) is 0 Å². The van der Waals surface area contributed by atoms with Crippen molar-refractivity contribution in [1.82, 2.24) is 4.31 Å². The maximum Gasteiger partial charge on any atom is 0.246 e. The van der Waals surface area contributed by atoms with Crippen molar-refractivity contribution in [2.45, 2.75) is 56.9 Å². The maximum absolute atomic E-state index is 13.1. The molecule has 0 saturated heterocycles. The lowest BCUT2D eigenvalue weighted by Gasteiger charge is -2.33. The molecular formula is C16H24ClNO3S. The Labute approximate surface area is 138 Å². The fraction of sp³-hybridized carbons (Fsp3) is 0.625. The van der Waals surface area contributed by atoms with Gasteiger partial charge in [-0.25, -0.2) is 8.42 Å². The second kappa shape index (κ2) is 7.66. The van der Waals surface area contributed by atoms with Crippen molar-refractivity contribution in [3.8, 4) is 5.75 Å². The Balaban J connectivity index is 2.39. The normalized spacial score (nSPS) is 16.9. The van der Waals surface area contributed by atoms with Gasteiger partial charge < -0.3 is 4.74 Å². The van der Waals surface area contributed by atoms with Crippen molar-refractivity contribution < 1.29 is 13.2 Å². The molecule has 0 atom stereocenters. The average Bonchev–Trinajstić information content (AvgIpc) is 2.49. The van der Waals surface area contributed by atoms with Crippen LogP contribution in [-0.2, 0) is 10.0 Å². The summed E-state index contributed by atoms with van der Waals surface area (Å²) in [5.41, 5.74) is 0. The van der Waals surface area contributed by atoms with Gasteiger partial charge in [0.15, 0.2) is 0 Å². The molecule has 4 nitrogen and oxygen atoms in total. The lowest BCUT2D eigenvalue weighted by molar-refractivity contribution is 0.259. The predicted octanol–water partition coefficient (Wildman–Crippen LogP) is 4.08. The number of rotatable bonds is 6. The van der Waals surface area contributed by atoms with E-state index in [1.54, 1.807) is 22.5 Å². The minimum Gasteiger partial charge on any atom is -0.492 e. The molecule has 0 radical (unpaired) electrons. The van der Waals surface area contributed by atoms with Gasteiger partial charge in [-0.2, -0.15) is 4.31 Å². The van der Waals surface area contributed by atoms with Gasteiger partial charge in [-0.1, -0.05) is 37.8 Å². The van der Waals surface area contributed by atoms with Crippen molar-refractivity contribution in [3.05, 3.63) is 23.2 Å². The SMILES string of the molecule is CCOc1cc(Cl)ccc1S(=O)(=O)N(CC)C1CCCCC1. The van der Waals surface area contributed by atoms with E-state index in [9.17, 15) is 8.42 Å². The van der Waals surface area contributed by atoms with Crippen molar-refractivity contribution >= 4 is 21.6 Å². The lowest BCUT2D eigenvalue weighted by Crippen LogP contribution is -2.41. The zero-order valence-electron chi connectivity index (χ0n) is 13.2. The summed E-state index contributed by atoms with van der Waals surface area (Å²) in [6.07, 6.45) is 5.25. The van der Waals surface area contributed by atoms with E-state index in [0.29, 0.717) is 23.9 Å². The summed E-state index contributed by atoms with van der Waals surface area (Å²) in [7, 11) is -3.57. The van der Waals surface area contributed by atoms with Crippen LogP contribution in [0.15, 0.2) is 23.1 Å². The highest BCUT2D eigenvalue weighted by molar-refractivity contribution is 7.89. The van der Waals surface area contributed by atoms with Gasteiger partial charge >= 0.3 is 0 Å². The summed E-state index contributed by atoms with van der Waals surface area (Å²) < 4.78 is 33.3. The van der Waals surface area contributed by atoms with Crippen molar-refractivity contribution in [1.29, 1.82) is 0 Å². The number of ether oxygens (including phenoxy) is 1.